The second kappa shape index (κ2) is 8.27. The number of thiocarbonyl (C=S) groups is 1. The van der Waals surface area contributed by atoms with Crippen LogP contribution in [-0.2, 0) is 0 Å². The molecule has 0 aliphatic rings. The summed E-state index contributed by atoms with van der Waals surface area (Å²) in [6, 6.07) is 14.3. The molecule has 0 spiro atoms. The normalized spacial score (nSPS) is 10.2. The van der Waals surface area contributed by atoms with Gasteiger partial charge in [0.15, 0.2) is 10.9 Å². The fourth-order valence-corrected chi connectivity index (χ4v) is 2.60. The number of carbonyl (C=O) groups is 1. The zero-order chi connectivity index (χ0) is 21.0. The SMILES string of the molecule is O=C(NC(=S)Nc1cccc([N+](=O)[O-])c1)c1ccc(-c2ccc([N+](=O)[O-])cc2)o1. The van der Waals surface area contributed by atoms with Crippen molar-refractivity contribution in [1.82, 2.24) is 5.32 Å². The minimum absolute atomic E-state index is 0.0263. The van der Waals surface area contributed by atoms with Crippen molar-refractivity contribution in [1.29, 1.82) is 0 Å². The second-order valence-corrected chi connectivity index (χ2v) is 6.09. The third-order valence-corrected chi connectivity index (χ3v) is 3.94. The monoisotopic (exact) mass is 412 g/mol. The van der Waals surface area contributed by atoms with E-state index in [-0.39, 0.29) is 22.2 Å². The Morgan fingerprint density at radius 3 is 2.28 bits per heavy atom. The lowest BCUT2D eigenvalue weighted by atomic mass is 10.1. The molecule has 1 heterocycles. The van der Waals surface area contributed by atoms with E-state index < -0.39 is 15.8 Å². The summed E-state index contributed by atoms with van der Waals surface area (Å²) in [6.45, 7) is 0. The first-order chi connectivity index (χ1) is 13.8. The summed E-state index contributed by atoms with van der Waals surface area (Å²) >= 11 is 5.04. The van der Waals surface area contributed by atoms with Crippen molar-refractivity contribution in [2.24, 2.45) is 0 Å². The van der Waals surface area contributed by atoms with Crippen LogP contribution in [0, 0.1) is 20.2 Å². The first kappa shape index (κ1) is 19.6. The molecule has 29 heavy (non-hydrogen) atoms. The molecule has 0 unspecified atom stereocenters. The Bertz CT molecular complexity index is 1110. The molecule has 1 aromatic heterocycles. The standard InChI is InChI=1S/C18H12N4O6S/c23-17(20-18(29)19-12-2-1-3-14(10-12)22(26)27)16-9-8-15(28-16)11-4-6-13(7-5-11)21(24)25/h1-10H,(H2,19,20,23,29). The smallest absolute Gasteiger partial charge is 0.293 e. The average Bonchev–Trinajstić information content (AvgIpc) is 3.18. The number of furan rings is 1. The largest absolute Gasteiger partial charge is 0.451 e. The van der Waals surface area contributed by atoms with Crippen LogP contribution >= 0.6 is 12.2 Å². The molecule has 0 saturated heterocycles. The average molecular weight is 412 g/mol. The quantitative estimate of drug-likeness (QED) is 0.365. The molecule has 146 valence electrons. The van der Waals surface area contributed by atoms with E-state index in [1.54, 1.807) is 12.1 Å². The van der Waals surface area contributed by atoms with E-state index >= 15 is 0 Å². The van der Waals surface area contributed by atoms with Crippen LogP contribution in [-0.4, -0.2) is 20.9 Å². The fraction of sp³-hybridized carbons (Fsp3) is 0. The maximum absolute atomic E-state index is 12.3. The van der Waals surface area contributed by atoms with Crippen molar-refractivity contribution in [2.45, 2.75) is 0 Å². The lowest BCUT2D eigenvalue weighted by Gasteiger charge is -2.08. The minimum Gasteiger partial charge on any atom is -0.451 e. The van der Waals surface area contributed by atoms with Crippen molar-refractivity contribution < 1.29 is 19.1 Å². The number of nitro benzene ring substituents is 2. The van der Waals surface area contributed by atoms with Gasteiger partial charge in [0.05, 0.1) is 9.85 Å². The van der Waals surface area contributed by atoms with Gasteiger partial charge in [0.25, 0.3) is 17.3 Å². The van der Waals surface area contributed by atoms with Gasteiger partial charge in [-0.05, 0) is 42.5 Å². The van der Waals surface area contributed by atoms with Gasteiger partial charge in [0, 0.05) is 35.5 Å². The van der Waals surface area contributed by atoms with Crippen molar-refractivity contribution in [3.8, 4) is 11.3 Å². The van der Waals surface area contributed by atoms with E-state index in [1.807, 2.05) is 0 Å². The van der Waals surface area contributed by atoms with Crippen LogP contribution in [0.4, 0.5) is 17.1 Å². The number of rotatable bonds is 5. The number of anilines is 1. The van der Waals surface area contributed by atoms with Gasteiger partial charge in [0.1, 0.15) is 5.76 Å². The van der Waals surface area contributed by atoms with Crippen LogP contribution in [0.25, 0.3) is 11.3 Å². The zero-order valence-corrected chi connectivity index (χ0v) is 15.3. The second-order valence-electron chi connectivity index (χ2n) is 5.68. The fourth-order valence-electron chi connectivity index (χ4n) is 2.39. The molecule has 1 amide bonds. The van der Waals surface area contributed by atoms with Crippen LogP contribution < -0.4 is 10.6 Å². The molecule has 0 atom stereocenters. The van der Waals surface area contributed by atoms with Gasteiger partial charge < -0.3 is 9.73 Å². The highest BCUT2D eigenvalue weighted by Crippen LogP contribution is 2.24. The Balaban J connectivity index is 1.65. The Morgan fingerprint density at radius 2 is 1.62 bits per heavy atom. The third kappa shape index (κ3) is 4.78. The molecule has 11 heteroatoms. The number of nitrogens with zero attached hydrogens (tertiary/aromatic N) is 2. The van der Waals surface area contributed by atoms with Crippen LogP contribution in [0.15, 0.2) is 65.1 Å². The summed E-state index contributed by atoms with van der Waals surface area (Å²) in [5.41, 5.74) is 0.723. The van der Waals surface area contributed by atoms with Crippen LogP contribution in [0.1, 0.15) is 10.6 Å². The molecule has 3 aromatic rings. The number of non-ortho nitro benzene ring substituents is 2. The summed E-state index contributed by atoms with van der Waals surface area (Å²) in [4.78, 5) is 32.7. The summed E-state index contributed by atoms with van der Waals surface area (Å²) < 4.78 is 5.47. The number of hydrogen-bond donors (Lipinski definition) is 2. The molecule has 0 fully saturated rings. The predicted octanol–water partition coefficient (Wildman–Crippen LogP) is 3.89. The summed E-state index contributed by atoms with van der Waals surface area (Å²) in [5, 5.41) is 26.5. The molecule has 3 rings (SSSR count). The topological polar surface area (TPSA) is 141 Å². The van der Waals surface area contributed by atoms with Gasteiger partial charge in [-0.25, -0.2) is 0 Å². The van der Waals surface area contributed by atoms with Gasteiger partial charge >= 0.3 is 0 Å². The number of amides is 1. The summed E-state index contributed by atoms with van der Waals surface area (Å²) in [6.07, 6.45) is 0. The van der Waals surface area contributed by atoms with Gasteiger partial charge in [-0.3, -0.25) is 30.3 Å². The maximum atomic E-state index is 12.3. The van der Waals surface area contributed by atoms with Gasteiger partial charge in [-0.15, -0.1) is 0 Å². The van der Waals surface area contributed by atoms with Gasteiger partial charge in [-0.2, -0.15) is 0 Å². The van der Waals surface area contributed by atoms with Crippen molar-refractivity contribution in [3.63, 3.8) is 0 Å². The van der Waals surface area contributed by atoms with Crippen LogP contribution in [0.5, 0.6) is 0 Å². The molecule has 2 N–H and O–H groups in total. The Morgan fingerprint density at radius 1 is 0.931 bits per heavy atom. The van der Waals surface area contributed by atoms with E-state index in [2.05, 4.69) is 10.6 Å². The molecular weight excluding hydrogens is 400 g/mol. The van der Waals surface area contributed by atoms with E-state index in [4.69, 9.17) is 16.6 Å². The van der Waals surface area contributed by atoms with Crippen molar-refractivity contribution in [3.05, 3.63) is 86.7 Å². The third-order valence-electron chi connectivity index (χ3n) is 3.73. The minimum atomic E-state index is -0.624. The molecule has 2 aromatic carbocycles. The van der Waals surface area contributed by atoms with E-state index in [9.17, 15) is 25.0 Å². The number of nitro groups is 2. The predicted molar refractivity (Wildman–Crippen MR) is 108 cm³/mol. The van der Waals surface area contributed by atoms with Gasteiger partial charge in [0.2, 0.25) is 0 Å². The summed E-state index contributed by atoms with van der Waals surface area (Å²) in [5.74, 6) is -0.301. The highest BCUT2D eigenvalue weighted by molar-refractivity contribution is 7.80. The highest BCUT2D eigenvalue weighted by atomic mass is 32.1. The van der Waals surface area contributed by atoms with Crippen LogP contribution in [0.2, 0.25) is 0 Å². The Hall–Kier alpha value is -4.12. The molecule has 0 aliphatic heterocycles. The first-order valence-electron chi connectivity index (χ1n) is 8.05. The summed E-state index contributed by atoms with van der Waals surface area (Å²) in [7, 11) is 0. The molecule has 0 bridgehead atoms. The Labute approximate surface area is 168 Å². The maximum Gasteiger partial charge on any atom is 0.293 e. The molecule has 0 aliphatic carbocycles. The lowest BCUT2D eigenvalue weighted by Crippen LogP contribution is -2.33. The Kier molecular flexibility index (Phi) is 5.60. The molecular formula is C18H12N4O6S. The number of nitrogens with one attached hydrogen (secondary N) is 2. The van der Waals surface area contributed by atoms with Crippen LogP contribution in [0.3, 0.4) is 0 Å². The molecule has 0 radical (unpaired) electrons. The number of benzene rings is 2. The van der Waals surface area contributed by atoms with E-state index in [1.165, 1.54) is 48.5 Å². The first-order valence-corrected chi connectivity index (χ1v) is 8.46. The number of carbonyl (C=O) groups excluding carboxylic acids is 1. The zero-order valence-electron chi connectivity index (χ0n) is 14.5. The van der Waals surface area contributed by atoms with E-state index in [0.717, 1.165) is 0 Å². The molecule has 0 saturated carbocycles. The highest BCUT2D eigenvalue weighted by Gasteiger charge is 2.15. The van der Waals surface area contributed by atoms with Crippen molar-refractivity contribution >= 4 is 40.3 Å². The lowest BCUT2D eigenvalue weighted by molar-refractivity contribution is -0.385. The molecule has 10 nitrogen and oxygen atoms in total. The number of hydrogen-bond acceptors (Lipinski definition) is 7. The van der Waals surface area contributed by atoms with E-state index in [0.29, 0.717) is 17.0 Å². The van der Waals surface area contributed by atoms with Gasteiger partial charge in [-0.1, -0.05) is 6.07 Å². The van der Waals surface area contributed by atoms with Crippen molar-refractivity contribution in [2.75, 3.05) is 5.32 Å².